The fraction of sp³-hybridized carbons (Fsp3) is 0.458. The fourth-order valence-corrected chi connectivity index (χ4v) is 4.63. The molecule has 31 heavy (non-hydrogen) atoms. The molecule has 162 valence electrons. The Hall–Kier alpha value is -2.93. The second-order valence-electron chi connectivity index (χ2n) is 8.54. The van der Waals surface area contributed by atoms with E-state index in [1.165, 1.54) is 12.8 Å². The molecular formula is C24H28N4O3. The molecule has 5 rings (SSSR count). The summed E-state index contributed by atoms with van der Waals surface area (Å²) < 4.78 is 11.1. The molecule has 0 radical (unpaired) electrons. The summed E-state index contributed by atoms with van der Waals surface area (Å²) >= 11 is 0. The van der Waals surface area contributed by atoms with Gasteiger partial charge in [0.1, 0.15) is 5.75 Å². The van der Waals surface area contributed by atoms with Crippen molar-refractivity contribution in [3.63, 3.8) is 0 Å². The first-order valence-electron chi connectivity index (χ1n) is 11.1. The van der Waals surface area contributed by atoms with Gasteiger partial charge in [0.25, 0.3) is 11.6 Å². The van der Waals surface area contributed by atoms with Crippen LogP contribution >= 0.6 is 0 Å². The van der Waals surface area contributed by atoms with Crippen molar-refractivity contribution < 1.29 is 14.1 Å². The first-order chi connectivity index (χ1) is 15.2. The van der Waals surface area contributed by atoms with Crippen molar-refractivity contribution in [1.82, 2.24) is 20.4 Å². The van der Waals surface area contributed by atoms with Gasteiger partial charge < -0.3 is 14.6 Å². The van der Waals surface area contributed by atoms with Crippen LogP contribution in [0.1, 0.15) is 65.0 Å². The number of hydrogen-bond donors (Lipinski definition) is 1. The average molecular weight is 421 g/mol. The highest BCUT2D eigenvalue weighted by Gasteiger charge is 2.32. The van der Waals surface area contributed by atoms with Crippen LogP contribution in [0.25, 0.3) is 11.1 Å². The monoisotopic (exact) mass is 420 g/mol. The first-order valence-corrected chi connectivity index (χ1v) is 11.1. The fourth-order valence-electron chi connectivity index (χ4n) is 4.63. The summed E-state index contributed by atoms with van der Waals surface area (Å²) in [6.45, 7) is 4.42. The number of nitrogens with zero attached hydrogens (tertiary/aromatic N) is 3. The largest absolute Gasteiger partial charge is 0.496 e. The molecule has 7 nitrogen and oxygen atoms in total. The van der Waals surface area contributed by atoms with Gasteiger partial charge in [0.2, 0.25) is 0 Å². The summed E-state index contributed by atoms with van der Waals surface area (Å²) in [7, 11) is 1.69. The summed E-state index contributed by atoms with van der Waals surface area (Å²) in [5, 5.41) is 8.18. The molecule has 3 aromatic rings. The van der Waals surface area contributed by atoms with Crippen LogP contribution in [-0.2, 0) is 0 Å². The third kappa shape index (κ3) is 3.90. The Kier molecular flexibility index (Phi) is 5.36. The molecule has 2 fully saturated rings. The SMILES string of the molecule is COc1ccccc1C(CNC(=O)c1cc(C)nc2onc(C3CC3)c12)N1CCCC1. The van der Waals surface area contributed by atoms with Gasteiger partial charge >= 0.3 is 0 Å². The van der Waals surface area contributed by atoms with Crippen molar-refractivity contribution in [3.05, 3.63) is 52.8 Å². The number of methoxy groups -OCH3 is 1. The van der Waals surface area contributed by atoms with Crippen LogP contribution in [0.15, 0.2) is 34.9 Å². The topological polar surface area (TPSA) is 80.5 Å². The number of amides is 1. The van der Waals surface area contributed by atoms with Gasteiger partial charge in [0.05, 0.1) is 29.8 Å². The summed E-state index contributed by atoms with van der Waals surface area (Å²) in [4.78, 5) is 20.2. The number of pyridine rings is 1. The highest BCUT2D eigenvalue weighted by Crippen LogP contribution is 2.43. The lowest BCUT2D eigenvalue weighted by Crippen LogP contribution is -2.37. The number of aryl methyl sites for hydroxylation is 1. The Morgan fingerprint density at radius 3 is 2.81 bits per heavy atom. The summed E-state index contributed by atoms with van der Waals surface area (Å²) in [6, 6.07) is 9.98. The number of rotatable bonds is 7. The molecule has 1 amide bonds. The second-order valence-corrected chi connectivity index (χ2v) is 8.54. The second kappa shape index (κ2) is 8.30. The Morgan fingerprint density at radius 2 is 2.06 bits per heavy atom. The Morgan fingerprint density at radius 1 is 1.29 bits per heavy atom. The quantitative estimate of drug-likeness (QED) is 0.623. The van der Waals surface area contributed by atoms with Crippen LogP contribution < -0.4 is 10.1 Å². The molecule has 2 aromatic heterocycles. The number of ether oxygens (including phenoxy) is 1. The van der Waals surface area contributed by atoms with E-state index in [2.05, 4.69) is 26.4 Å². The van der Waals surface area contributed by atoms with Gasteiger partial charge in [-0.1, -0.05) is 23.4 Å². The molecule has 2 aliphatic rings. The van der Waals surface area contributed by atoms with Gasteiger partial charge in [-0.05, 0) is 57.8 Å². The highest BCUT2D eigenvalue weighted by molar-refractivity contribution is 6.06. The lowest BCUT2D eigenvalue weighted by molar-refractivity contribution is 0.0938. The standard InChI is InChI=1S/C24H28N4O3/c1-15-13-18(21-22(16-9-10-16)27-31-24(21)26-15)23(29)25-14-19(28-11-5-6-12-28)17-7-3-4-8-20(17)30-2/h3-4,7-8,13,16,19H,5-6,9-12,14H2,1-2H3,(H,25,29). The van der Waals surface area contributed by atoms with Crippen molar-refractivity contribution in [2.75, 3.05) is 26.7 Å². The number of carbonyl (C=O) groups is 1. The van der Waals surface area contributed by atoms with E-state index in [1.54, 1.807) is 7.11 Å². The van der Waals surface area contributed by atoms with Crippen LogP contribution in [0.3, 0.4) is 0 Å². The third-order valence-corrected chi connectivity index (χ3v) is 6.34. The third-order valence-electron chi connectivity index (χ3n) is 6.34. The smallest absolute Gasteiger partial charge is 0.259 e. The number of likely N-dealkylation sites (tertiary alicyclic amines) is 1. The lowest BCUT2D eigenvalue weighted by Gasteiger charge is -2.29. The minimum atomic E-state index is -0.111. The minimum Gasteiger partial charge on any atom is -0.496 e. The van der Waals surface area contributed by atoms with Gasteiger partial charge in [-0.15, -0.1) is 0 Å². The molecule has 0 spiro atoms. The maximum Gasteiger partial charge on any atom is 0.259 e. The van der Waals surface area contributed by atoms with E-state index in [1.807, 2.05) is 31.2 Å². The lowest BCUT2D eigenvalue weighted by atomic mass is 10.0. The van der Waals surface area contributed by atoms with E-state index in [0.29, 0.717) is 23.7 Å². The summed E-state index contributed by atoms with van der Waals surface area (Å²) in [6.07, 6.45) is 4.52. The number of fused-ring (bicyclic) bond motifs is 1. The molecule has 1 saturated heterocycles. The zero-order valence-corrected chi connectivity index (χ0v) is 18.1. The Balaban J connectivity index is 1.43. The van der Waals surface area contributed by atoms with Crippen LogP contribution in [0.2, 0.25) is 0 Å². The molecule has 0 bridgehead atoms. The van der Waals surface area contributed by atoms with E-state index in [-0.39, 0.29) is 11.9 Å². The van der Waals surface area contributed by atoms with Crippen molar-refractivity contribution >= 4 is 17.0 Å². The van der Waals surface area contributed by atoms with Crippen molar-refractivity contribution in [2.24, 2.45) is 0 Å². The van der Waals surface area contributed by atoms with Gasteiger partial charge in [-0.2, -0.15) is 0 Å². The number of carbonyl (C=O) groups excluding carboxylic acids is 1. The van der Waals surface area contributed by atoms with Gasteiger partial charge in [0.15, 0.2) is 0 Å². The van der Waals surface area contributed by atoms with Crippen molar-refractivity contribution in [1.29, 1.82) is 0 Å². The van der Waals surface area contributed by atoms with Crippen LogP contribution in [-0.4, -0.2) is 47.7 Å². The van der Waals surface area contributed by atoms with Crippen molar-refractivity contribution in [2.45, 2.75) is 44.6 Å². The molecule has 1 saturated carbocycles. The summed E-state index contributed by atoms with van der Waals surface area (Å²) in [5.74, 6) is 1.12. The summed E-state index contributed by atoms with van der Waals surface area (Å²) in [5.41, 5.74) is 3.77. The normalized spacial score (nSPS) is 17.7. The zero-order valence-electron chi connectivity index (χ0n) is 18.1. The zero-order chi connectivity index (χ0) is 21.4. The van der Waals surface area contributed by atoms with Crippen LogP contribution in [0.5, 0.6) is 5.75 Å². The Labute approximate surface area is 181 Å². The Bertz CT molecular complexity index is 1100. The molecule has 1 aromatic carbocycles. The van der Waals surface area contributed by atoms with Gasteiger partial charge in [-0.3, -0.25) is 9.69 Å². The number of aromatic nitrogens is 2. The van der Waals surface area contributed by atoms with E-state index < -0.39 is 0 Å². The number of para-hydroxylation sites is 1. The number of benzene rings is 1. The predicted molar refractivity (Wildman–Crippen MR) is 117 cm³/mol. The highest BCUT2D eigenvalue weighted by atomic mass is 16.5. The first kappa shape index (κ1) is 20.0. The van der Waals surface area contributed by atoms with E-state index in [0.717, 1.165) is 54.0 Å². The van der Waals surface area contributed by atoms with Crippen LogP contribution in [0, 0.1) is 6.92 Å². The molecule has 1 unspecified atom stereocenters. The predicted octanol–water partition coefficient (Wildman–Crippen LogP) is 3.98. The molecule has 1 aliphatic carbocycles. The molecule has 1 N–H and O–H groups in total. The van der Waals surface area contributed by atoms with Gasteiger partial charge in [-0.25, -0.2) is 4.98 Å². The van der Waals surface area contributed by atoms with E-state index in [9.17, 15) is 4.79 Å². The minimum absolute atomic E-state index is 0.0615. The van der Waals surface area contributed by atoms with E-state index in [4.69, 9.17) is 9.26 Å². The number of nitrogens with one attached hydrogen (secondary N) is 1. The van der Waals surface area contributed by atoms with Crippen LogP contribution in [0.4, 0.5) is 0 Å². The maximum absolute atomic E-state index is 13.4. The van der Waals surface area contributed by atoms with Gasteiger partial charge in [0, 0.05) is 23.7 Å². The number of hydrogen-bond acceptors (Lipinski definition) is 6. The molecular weight excluding hydrogens is 392 g/mol. The van der Waals surface area contributed by atoms with Crippen molar-refractivity contribution in [3.8, 4) is 5.75 Å². The molecule has 7 heteroatoms. The molecule has 3 heterocycles. The molecule has 1 aliphatic heterocycles. The maximum atomic E-state index is 13.4. The molecule has 1 atom stereocenters. The van der Waals surface area contributed by atoms with E-state index >= 15 is 0 Å². The average Bonchev–Trinajstić information content (AvgIpc) is 3.31.